The van der Waals surface area contributed by atoms with E-state index in [-0.39, 0.29) is 10.9 Å². The molecule has 1 aromatic heterocycles. The fourth-order valence-corrected chi connectivity index (χ4v) is 4.51. The monoisotopic (exact) mass is 321 g/mol. The highest BCUT2D eigenvalue weighted by Gasteiger charge is 2.31. The van der Waals surface area contributed by atoms with Crippen LogP contribution in [0.25, 0.3) is 11.3 Å². The lowest BCUT2D eigenvalue weighted by atomic mass is 10.1. The molecular formula is C15H19N3O3S. The molecule has 3 rings (SSSR count). The second-order valence-electron chi connectivity index (χ2n) is 5.36. The molecule has 0 amide bonds. The maximum atomic E-state index is 13.0. The van der Waals surface area contributed by atoms with Crippen LogP contribution in [0.15, 0.2) is 45.9 Å². The van der Waals surface area contributed by atoms with Crippen LogP contribution < -0.4 is 5.32 Å². The topological polar surface area (TPSA) is 75.4 Å². The number of likely N-dealkylation sites (N-methyl/N-ethyl adjacent to an activating group) is 1. The third-order valence-electron chi connectivity index (χ3n) is 4.00. The Bertz CT molecular complexity index is 728. The predicted octanol–water partition coefficient (Wildman–Crippen LogP) is 1.71. The van der Waals surface area contributed by atoms with Gasteiger partial charge in [0.15, 0.2) is 5.76 Å². The molecule has 0 saturated carbocycles. The van der Waals surface area contributed by atoms with E-state index in [0.717, 1.165) is 12.8 Å². The summed E-state index contributed by atoms with van der Waals surface area (Å²) in [7, 11) is -1.69. The summed E-state index contributed by atoms with van der Waals surface area (Å²) in [5, 5.41) is 6.83. The number of nitrogens with zero attached hydrogens (tertiary/aromatic N) is 2. The molecule has 0 bridgehead atoms. The lowest BCUT2D eigenvalue weighted by Crippen LogP contribution is -2.46. The van der Waals surface area contributed by atoms with Gasteiger partial charge in [-0.1, -0.05) is 17.3 Å². The van der Waals surface area contributed by atoms with Crippen molar-refractivity contribution in [3.05, 3.63) is 36.5 Å². The summed E-state index contributed by atoms with van der Waals surface area (Å²) < 4.78 is 32.7. The van der Waals surface area contributed by atoms with Crippen LogP contribution in [-0.4, -0.2) is 44.1 Å². The molecule has 1 N–H and O–H groups in total. The van der Waals surface area contributed by atoms with E-state index in [4.69, 9.17) is 4.52 Å². The van der Waals surface area contributed by atoms with Crippen molar-refractivity contribution in [2.75, 3.05) is 20.1 Å². The molecule has 118 valence electrons. The minimum atomic E-state index is -3.56. The summed E-state index contributed by atoms with van der Waals surface area (Å²) >= 11 is 0. The summed E-state index contributed by atoms with van der Waals surface area (Å²) in [5.74, 6) is 0.460. The molecule has 1 fully saturated rings. The van der Waals surface area contributed by atoms with Gasteiger partial charge >= 0.3 is 0 Å². The summed E-state index contributed by atoms with van der Waals surface area (Å²) in [5.41, 5.74) is 0.548. The number of hydrogen-bond acceptors (Lipinski definition) is 5. The molecule has 1 aromatic carbocycles. The third-order valence-corrected chi connectivity index (χ3v) is 5.92. The van der Waals surface area contributed by atoms with Crippen molar-refractivity contribution < 1.29 is 12.9 Å². The van der Waals surface area contributed by atoms with Gasteiger partial charge in [-0.05, 0) is 32.0 Å². The van der Waals surface area contributed by atoms with E-state index in [0.29, 0.717) is 24.4 Å². The molecule has 2 heterocycles. The Morgan fingerprint density at radius 3 is 2.86 bits per heavy atom. The fraction of sp³-hybridized carbons (Fsp3) is 0.400. The molecule has 1 aliphatic rings. The highest BCUT2D eigenvalue weighted by molar-refractivity contribution is 7.89. The third kappa shape index (κ3) is 2.79. The zero-order valence-corrected chi connectivity index (χ0v) is 13.2. The van der Waals surface area contributed by atoms with Gasteiger partial charge in [0, 0.05) is 30.8 Å². The number of rotatable bonds is 4. The Hall–Kier alpha value is -1.70. The SMILES string of the molecule is CNC1CCCN(S(=O)(=O)c2ccccc2-c2ccno2)C1. The zero-order chi connectivity index (χ0) is 15.6. The van der Waals surface area contributed by atoms with Gasteiger partial charge in [0.05, 0.1) is 11.1 Å². The van der Waals surface area contributed by atoms with Crippen molar-refractivity contribution in [3.8, 4) is 11.3 Å². The summed E-state index contributed by atoms with van der Waals surface area (Å²) in [6.45, 7) is 1.04. The van der Waals surface area contributed by atoms with E-state index in [1.165, 1.54) is 6.20 Å². The maximum absolute atomic E-state index is 13.0. The first-order valence-corrected chi connectivity index (χ1v) is 8.74. The first kappa shape index (κ1) is 15.2. The Morgan fingerprint density at radius 1 is 1.32 bits per heavy atom. The zero-order valence-electron chi connectivity index (χ0n) is 12.4. The molecule has 1 unspecified atom stereocenters. The van der Waals surface area contributed by atoms with E-state index >= 15 is 0 Å². The van der Waals surface area contributed by atoms with Gasteiger partial charge in [-0.3, -0.25) is 0 Å². The molecule has 1 saturated heterocycles. The van der Waals surface area contributed by atoms with Crippen LogP contribution in [0.4, 0.5) is 0 Å². The van der Waals surface area contributed by atoms with E-state index in [1.54, 1.807) is 34.6 Å². The summed E-state index contributed by atoms with van der Waals surface area (Å²) in [4.78, 5) is 0.267. The Kier molecular flexibility index (Phi) is 4.28. The van der Waals surface area contributed by atoms with Crippen LogP contribution in [0, 0.1) is 0 Å². The lowest BCUT2D eigenvalue weighted by Gasteiger charge is -2.32. The molecule has 2 aromatic rings. The molecule has 0 spiro atoms. The number of sulfonamides is 1. The molecule has 6 nitrogen and oxygen atoms in total. The standard InChI is InChI=1S/C15H19N3O3S/c1-16-12-5-4-10-18(11-12)22(19,20)15-7-3-2-6-13(15)14-8-9-17-21-14/h2-3,6-9,12,16H,4-5,10-11H2,1H3. The number of piperidine rings is 1. The first-order chi connectivity index (χ1) is 10.6. The molecule has 0 radical (unpaired) electrons. The van der Waals surface area contributed by atoms with Gasteiger partial charge in [-0.15, -0.1) is 0 Å². The number of aromatic nitrogens is 1. The van der Waals surface area contributed by atoms with Crippen LogP contribution in [0.5, 0.6) is 0 Å². The van der Waals surface area contributed by atoms with Gasteiger partial charge in [0.2, 0.25) is 10.0 Å². The lowest BCUT2D eigenvalue weighted by molar-refractivity contribution is 0.293. The molecule has 0 aliphatic carbocycles. The van der Waals surface area contributed by atoms with E-state index < -0.39 is 10.0 Å². The Morgan fingerprint density at radius 2 is 2.14 bits per heavy atom. The maximum Gasteiger partial charge on any atom is 0.243 e. The summed E-state index contributed by atoms with van der Waals surface area (Å²) in [6.07, 6.45) is 3.36. The van der Waals surface area contributed by atoms with Crippen molar-refractivity contribution in [3.63, 3.8) is 0 Å². The predicted molar refractivity (Wildman–Crippen MR) is 82.8 cm³/mol. The van der Waals surface area contributed by atoms with Crippen LogP contribution in [0.1, 0.15) is 12.8 Å². The van der Waals surface area contributed by atoms with Crippen molar-refractivity contribution in [2.45, 2.75) is 23.8 Å². The van der Waals surface area contributed by atoms with Gasteiger partial charge in [0.1, 0.15) is 0 Å². The summed E-state index contributed by atoms with van der Waals surface area (Å²) in [6, 6.07) is 8.75. The van der Waals surface area contributed by atoms with Crippen molar-refractivity contribution >= 4 is 10.0 Å². The van der Waals surface area contributed by atoms with Gasteiger partial charge < -0.3 is 9.84 Å². The minimum Gasteiger partial charge on any atom is -0.356 e. The molecule has 22 heavy (non-hydrogen) atoms. The van der Waals surface area contributed by atoms with Gasteiger partial charge in [0.25, 0.3) is 0 Å². The molecule has 1 atom stereocenters. The second-order valence-corrected chi connectivity index (χ2v) is 7.27. The highest BCUT2D eigenvalue weighted by Crippen LogP contribution is 2.30. The number of hydrogen-bond donors (Lipinski definition) is 1. The van der Waals surface area contributed by atoms with Crippen molar-refractivity contribution in [2.24, 2.45) is 0 Å². The number of benzene rings is 1. The largest absolute Gasteiger partial charge is 0.356 e. The minimum absolute atomic E-state index is 0.195. The molecular weight excluding hydrogens is 302 g/mol. The fourth-order valence-electron chi connectivity index (χ4n) is 2.79. The van der Waals surface area contributed by atoms with Crippen molar-refractivity contribution in [1.82, 2.24) is 14.8 Å². The normalized spacial score (nSPS) is 20.1. The second kappa shape index (κ2) is 6.20. The Labute approximate surface area is 130 Å². The van der Waals surface area contributed by atoms with E-state index in [2.05, 4.69) is 10.5 Å². The van der Waals surface area contributed by atoms with Crippen LogP contribution in [-0.2, 0) is 10.0 Å². The highest BCUT2D eigenvalue weighted by atomic mass is 32.2. The molecule has 1 aliphatic heterocycles. The Balaban J connectivity index is 1.99. The van der Waals surface area contributed by atoms with Gasteiger partial charge in [-0.25, -0.2) is 8.42 Å². The van der Waals surface area contributed by atoms with Crippen molar-refractivity contribution in [1.29, 1.82) is 0 Å². The van der Waals surface area contributed by atoms with Crippen LogP contribution in [0.2, 0.25) is 0 Å². The molecule has 7 heteroatoms. The van der Waals surface area contributed by atoms with E-state index in [1.807, 2.05) is 7.05 Å². The first-order valence-electron chi connectivity index (χ1n) is 7.30. The van der Waals surface area contributed by atoms with Crippen LogP contribution >= 0.6 is 0 Å². The average molecular weight is 321 g/mol. The smallest absolute Gasteiger partial charge is 0.243 e. The van der Waals surface area contributed by atoms with Gasteiger partial charge in [-0.2, -0.15) is 4.31 Å². The number of nitrogens with one attached hydrogen (secondary N) is 1. The van der Waals surface area contributed by atoms with E-state index in [9.17, 15) is 8.42 Å². The average Bonchev–Trinajstić information content (AvgIpc) is 3.09. The van der Waals surface area contributed by atoms with Crippen LogP contribution in [0.3, 0.4) is 0 Å². The quantitative estimate of drug-likeness (QED) is 0.928.